The van der Waals surface area contributed by atoms with Crippen LogP contribution in [0.4, 0.5) is 0 Å². The maximum atomic E-state index is 13.6. The number of carbonyl (C=O) groups excluding carboxylic acids is 2. The summed E-state index contributed by atoms with van der Waals surface area (Å²) in [5, 5.41) is 3.07. The van der Waals surface area contributed by atoms with Gasteiger partial charge >= 0.3 is 13.8 Å². The van der Waals surface area contributed by atoms with E-state index >= 15 is 0 Å². The van der Waals surface area contributed by atoms with Crippen LogP contribution in [0.5, 0.6) is 0 Å². The van der Waals surface area contributed by atoms with Gasteiger partial charge in [0.2, 0.25) is 5.91 Å². The molecular formula is C65H126N2O7P+. The summed E-state index contributed by atoms with van der Waals surface area (Å²) in [4.78, 5) is 37.8. The second-order valence-electron chi connectivity index (χ2n) is 23.3. The van der Waals surface area contributed by atoms with Gasteiger partial charge in [-0.15, -0.1) is 0 Å². The minimum Gasteiger partial charge on any atom is -0.456 e. The molecule has 0 saturated heterocycles. The fraction of sp³-hybridized carbons (Fsp3) is 0.877. The number of likely N-dealkylation sites (N-methyl/N-ethyl adjacent to an activating group) is 1. The molecule has 0 heterocycles. The third-order valence-electron chi connectivity index (χ3n) is 14.6. The van der Waals surface area contributed by atoms with Gasteiger partial charge in [-0.05, 0) is 63.9 Å². The van der Waals surface area contributed by atoms with E-state index in [1.807, 2.05) is 33.3 Å². The molecule has 3 unspecified atom stereocenters. The SMILES string of the molecule is CCCCC/C=C\C/C=C\CCCCCCCCCCCC(=O)OC(/C=C/CCCCCCCCCCCCC)C(COP(=O)(O)OCC[N+](C)(C)C)NC(=O)CCCCCCCCCCCCCCCCCCC. The number of ether oxygens (including phenoxy) is 1. The Morgan fingerprint density at radius 1 is 0.467 bits per heavy atom. The fourth-order valence-corrected chi connectivity index (χ4v) is 10.3. The van der Waals surface area contributed by atoms with Crippen LogP contribution in [-0.4, -0.2) is 74.3 Å². The van der Waals surface area contributed by atoms with Crippen molar-refractivity contribution in [2.45, 2.75) is 328 Å². The number of hydrogen-bond acceptors (Lipinski definition) is 6. The average Bonchev–Trinajstić information content (AvgIpc) is 3.37. The summed E-state index contributed by atoms with van der Waals surface area (Å²) in [7, 11) is 1.51. The topological polar surface area (TPSA) is 111 Å². The number of carbonyl (C=O) groups is 2. The minimum absolute atomic E-state index is 0.0421. The summed E-state index contributed by atoms with van der Waals surface area (Å²) >= 11 is 0. The van der Waals surface area contributed by atoms with Crippen molar-refractivity contribution >= 4 is 19.7 Å². The zero-order valence-corrected chi connectivity index (χ0v) is 51.5. The van der Waals surface area contributed by atoms with Crippen LogP contribution in [0.2, 0.25) is 0 Å². The molecule has 75 heavy (non-hydrogen) atoms. The van der Waals surface area contributed by atoms with Crippen LogP contribution in [0.15, 0.2) is 36.5 Å². The average molecular weight is 1080 g/mol. The highest BCUT2D eigenvalue weighted by molar-refractivity contribution is 7.47. The summed E-state index contributed by atoms with van der Waals surface area (Å²) in [5.74, 6) is -0.494. The van der Waals surface area contributed by atoms with E-state index in [0.29, 0.717) is 23.9 Å². The number of nitrogens with one attached hydrogen (secondary N) is 1. The molecule has 0 bridgehead atoms. The van der Waals surface area contributed by atoms with Crippen LogP contribution in [0.25, 0.3) is 0 Å². The number of allylic oxidation sites excluding steroid dienone is 5. The lowest BCUT2D eigenvalue weighted by Gasteiger charge is -2.27. The second-order valence-corrected chi connectivity index (χ2v) is 24.7. The lowest BCUT2D eigenvalue weighted by molar-refractivity contribution is -0.870. The largest absolute Gasteiger partial charge is 0.472 e. The van der Waals surface area contributed by atoms with Gasteiger partial charge in [0.25, 0.3) is 0 Å². The van der Waals surface area contributed by atoms with Gasteiger partial charge in [-0.25, -0.2) is 4.57 Å². The van der Waals surface area contributed by atoms with Crippen LogP contribution in [0.3, 0.4) is 0 Å². The molecule has 10 heteroatoms. The predicted octanol–water partition coefficient (Wildman–Crippen LogP) is 19.9. The number of phosphoric ester groups is 1. The first-order valence-electron chi connectivity index (χ1n) is 32.3. The standard InChI is InChI=1S/C65H125N2O7P/c1-7-10-13-16-19-22-25-28-30-32-33-35-37-40-43-46-49-52-55-58-65(69)74-63(56-53-50-47-44-41-38-27-24-21-18-15-12-9-3)62(61-73-75(70,71)72-60-59-67(4,5)6)66-64(68)57-54-51-48-45-42-39-36-34-31-29-26-23-20-17-14-11-8-2/h19,22,28,30,53,56,62-63H,7-18,20-21,23-27,29,31-52,54-55,57-61H2,1-6H3,(H-,66,68,70,71)/p+1/b22-19-,30-28-,56-53+. The third-order valence-corrected chi connectivity index (χ3v) is 15.6. The van der Waals surface area contributed by atoms with Crippen molar-refractivity contribution in [3.63, 3.8) is 0 Å². The molecule has 0 rings (SSSR count). The molecule has 0 spiro atoms. The van der Waals surface area contributed by atoms with Gasteiger partial charge in [0.15, 0.2) is 0 Å². The van der Waals surface area contributed by atoms with E-state index < -0.39 is 20.0 Å². The molecule has 0 aromatic heterocycles. The highest BCUT2D eigenvalue weighted by Crippen LogP contribution is 2.43. The van der Waals surface area contributed by atoms with E-state index in [1.165, 1.54) is 218 Å². The number of esters is 1. The molecule has 442 valence electrons. The summed E-state index contributed by atoms with van der Waals surface area (Å²) < 4.78 is 30.8. The Morgan fingerprint density at radius 2 is 0.813 bits per heavy atom. The van der Waals surface area contributed by atoms with Crippen LogP contribution >= 0.6 is 7.82 Å². The van der Waals surface area contributed by atoms with Gasteiger partial charge in [0, 0.05) is 12.8 Å². The Kier molecular flexibility index (Phi) is 54.2. The molecule has 0 saturated carbocycles. The van der Waals surface area contributed by atoms with E-state index in [9.17, 15) is 19.0 Å². The first kappa shape index (κ1) is 73.2. The Balaban J connectivity index is 5.23. The Labute approximate surface area is 466 Å². The Morgan fingerprint density at radius 3 is 1.23 bits per heavy atom. The Hall–Kier alpha value is -1.77. The lowest BCUT2D eigenvalue weighted by Crippen LogP contribution is -2.47. The van der Waals surface area contributed by atoms with Gasteiger partial charge in [-0.2, -0.15) is 0 Å². The highest BCUT2D eigenvalue weighted by atomic mass is 31.2. The van der Waals surface area contributed by atoms with Crippen molar-refractivity contribution in [2.24, 2.45) is 0 Å². The normalized spacial score (nSPS) is 13.9. The van der Waals surface area contributed by atoms with Gasteiger partial charge in [0.1, 0.15) is 19.3 Å². The van der Waals surface area contributed by atoms with Crippen molar-refractivity contribution in [3.05, 3.63) is 36.5 Å². The molecule has 0 radical (unpaired) electrons. The number of hydrogen-bond donors (Lipinski definition) is 2. The number of amides is 1. The van der Waals surface area contributed by atoms with Crippen molar-refractivity contribution in [1.82, 2.24) is 5.32 Å². The zero-order chi connectivity index (χ0) is 55.0. The molecular weight excluding hydrogens is 952 g/mol. The van der Waals surface area contributed by atoms with Gasteiger partial charge in [-0.1, -0.05) is 276 Å². The first-order chi connectivity index (χ1) is 36.4. The monoisotopic (exact) mass is 1080 g/mol. The van der Waals surface area contributed by atoms with Crippen molar-refractivity contribution < 1.29 is 37.3 Å². The van der Waals surface area contributed by atoms with E-state index in [0.717, 1.165) is 64.2 Å². The fourth-order valence-electron chi connectivity index (χ4n) is 9.56. The number of unbranched alkanes of at least 4 members (excludes halogenated alkanes) is 39. The molecule has 9 nitrogen and oxygen atoms in total. The molecule has 0 aliphatic rings. The predicted molar refractivity (Wildman–Crippen MR) is 323 cm³/mol. The number of rotatable bonds is 59. The van der Waals surface area contributed by atoms with E-state index in [-0.39, 0.29) is 25.1 Å². The van der Waals surface area contributed by atoms with E-state index in [4.69, 9.17) is 13.8 Å². The molecule has 3 atom stereocenters. The van der Waals surface area contributed by atoms with Crippen molar-refractivity contribution in [3.8, 4) is 0 Å². The van der Waals surface area contributed by atoms with Crippen LogP contribution in [-0.2, 0) is 27.9 Å². The molecule has 2 N–H and O–H groups in total. The van der Waals surface area contributed by atoms with E-state index in [1.54, 1.807) is 0 Å². The maximum absolute atomic E-state index is 13.6. The molecule has 0 aromatic carbocycles. The quantitative estimate of drug-likeness (QED) is 0.0205. The number of nitrogens with zero attached hydrogens (tertiary/aromatic N) is 1. The second kappa shape index (κ2) is 55.5. The highest BCUT2D eigenvalue weighted by Gasteiger charge is 2.30. The third kappa shape index (κ3) is 56.8. The lowest BCUT2D eigenvalue weighted by atomic mass is 10.0. The van der Waals surface area contributed by atoms with Gasteiger partial charge in [-0.3, -0.25) is 18.6 Å². The summed E-state index contributed by atoms with van der Waals surface area (Å²) in [6.45, 7) is 7.03. The molecule has 0 aromatic rings. The number of phosphoric acid groups is 1. The Bertz CT molecular complexity index is 1380. The summed E-state index contributed by atoms with van der Waals surface area (Å²) in [6, 6.07) is -0.846. The summed E-state index contributed by atoms with van der Waals surface area (Å²) in [6.07, 6.45) is 67.0. The first-order valence-corrected chi connectivity index (χ1v) is 33.8. The molecule has 0 aliphatic heterocycles. The molecule has 1 amide bonds. The minimum atomic E-state index is -4.45. The maximum Gasteiger partial charge on any atom is 0.472 e. The van der Waals surface area contributed by atoms with Crippen molar-refractivity contribution in [2.75, 3.05) is 40.9 Å². The molecule has 0 fully saturated rings. The summed E-state index contributed by atoms with van der Waals surface area (Å²) in [5.41, 5.74) is 0. The van der Waals surface area contributed by atoms with E-state index in [2.05, 4.69) is 50.4 Å². The number of quaternary nitrogens is 1. The van der Waals surface area contributed by atoms with Crippen molar-refractivity contribution in [1.29, 1.82) is 0 Å². The van der Waals surface area contributed by atoms with Crippen LogP contribution in [0, 0.1) is 0 Å². The van der Waals surface area contributed by atoms with Crippen LogP contribution in [0.1, 0.15) is 316 Å². The molecule has 0 aliphatic carbocycles. The van der Waals surface area contributed by atoms with Gasteiger partial charge in [0.05, 0.1) is 33.8 Å². The van der Waals surface area contributed by atoms with Gasteiger partial charge < -0.3 is 19.4 Å². The zero-order valence-electron chi connectivity index (χ0n) is 50.6. The smallest absolute Gasteiger partial charge is 0.456 e. The van der Waals surface area contributed by atoms with Crippen LogP contribution < -0.4 is 5.32 Å².